The van der Waals surface area contributed by atoms with Crippen LogP contribution in [0, 0.1) is 5.41 Å². The Morgan fingerprint density at radius 1 is 1.30 bits per heavy atom. The fourth-order valence-electron chi connectivity index (χ4n) is 2.18. The van der Waals surface area contributed by atoms with E-state index in [1.165, 1.54) is 0 Å². The number of nitrogens with two attached hydrogens (primary N) is 1. The lowest BCUT2D eigenvalue weighted by Crippen LogP contribution is -2.54. The van der Waals surface area contributed by atoms with Crippen LogP contribution in [0.2, 0.25) is 0 Å². The Morgan fingerprint density at radius 2 is 1.95 bits per heavy atom. The van der Waals surface area contributed by atoms with Gasteiger partial charge >= 0.3 is 0 Å². The zero-order chi connectivity index (χ0) is 14.8. The van der Waals surface area contributed by atoms with Gasteiger partial charge in [0.1, 0.15) is 5.82 Å². The summed E-state index contributed by atoms with van der Waals surface area (Å²) in [7, 11) is 0. The molecule has 1 saturated heterocycles. The van der Waals surface area contributed by atoms with E-state index in [0.717, 1.165) is 18.9 Å². The number of carbonyl (C=O) groups excluding carboxylic acids is 1. The van der Waals surface area contributed by atoms with Crippen molar-refractivity contribution in [2.75, 3.05) is 31.1 Å². The largest absolute Gasteiger partial charge is 0.392 e. The van der Waals surface area contributed by atoms with Crippen molar-refractivity contribution in [3.8, 4) is 0 Å². The van der Waals surface area contributed by atoms with Crippen molar-refractivity contribution in [3.05, 3.63) is 24.4 Å². The normalized spacial score (nSPS) is 16.1. The minimum atomic E-state index is -0.775. The van der Waals surface area contributed by atoms with E-state index in [0.29, 0.717) is 13.1 Å². The van der Waals surface area contributed by atoms with Crippen molar-refractivity contribution in [2.24, 2.45) is 11.1 Å². The first kappa shape index (κ1) is 14.7. The number of rotatable bonds is 3. The highest BCUT2D eigenvalue weighted by molar-refractivity contribution is 7.80. The Hall–Kier alpha value is -1.69. The minimum absolute atomic E-state index is 0.00525. The average molecular weight is 292 g/mol. The molecule has 1 fully saturated rings. The van der Waals surface area contributed by atoms with E-state index in [2.05, 4.69) is 9.88 Å². The van der Waals surface area contributed by atoms with Gasteiger partial charge in [-0.3, -0.25) is 4.79 Å². The lowest BCUT2D eigenvalue weighted by molar-refractivity contribution is -0.137. The van der Waals surface area contributed by atoms with Crippen molar-refractivity contribution >= 4 is 28.9 Å². The topological polar surface area (TPSA) is 62.5 Å². The lowest BCUT2D eigenvalue weighted by Gasteiger charge is -2.38. The van der Waals surface area contributed by atoms with E-state index in [-0.39, 0.29) is 10.9 Å². The minimum Gasteiger partial charge on any atom is -0.392 e. The molecule has 0 saturated carbocycles. The Labute approximate surface area is 124 Å². The van der Waals surface area contributed by atoms with Crippen molar-refractivity contribution in [1.29, 1.82) is 0 Å². The molecule has 0 atom stereocenters. The van der Waals surface area contributed by atoms with Gasteiger partial charge in [0, 0.05) is 32.4 Å². The van der Waals surface area contributed by atoms with Gasteiger partial charge in [0.25, 0.3) is 0 Å². The molecule has 2 rings (SSSR count). The van der Waals surface area contributed by atoms with Gasteiger partial charge in [-0.2, -0.15) is 0 Å². The van der Waals surface area contributed by atoms with Gasteiger partial charge in [0.2, 0.25) is 5.91 Å². The maximum absolute atomic E-state index is 12.4. The fourth-order valence-corrected chi connectivity index (χ4v) is 2.27. The second-order valence-electron chi connectivity index (χ2n) is 5.46. The van der Waals surface area contributed by atoms with E-state index in [1.807, 2.05) is 23.1 Å². The van der Waals surface area contributed by atoms with Gasteiger partial charge in [-0.25, -0.2) is 4.98 Å². The maximum atomic E-state index is 12.4. The van der Waals surface area contributed by atoms with Gasteiger partial charge < -0.3 is 15.5 Å². The summed E-state index contributed by atoms with van der Waals surface area (Å²) in [4.78, 5) is 21.0. The Balaban J connectivity index is 1.98. The highest BCUT2D eigenvalue weighted by Gasteiger charge is 2.36. The first-order valence-corrected chi connectivity index (χ1v) is 7.09. The number of thiocarbonyl (C=S) groups is 1. The van der Waals surface area contributed by atoms with Crippen molar-refractivity contribution < 1.29 is 4.79 Å². The first-order chi connectivity index (χ1) is 9.43. The Morgan fingerprint density at radius 3 is 2.45 bits per heavy atom. The summed E-state index contributed by atoms with van der Waals surface area (Å²) in [6.45, 7) is 6.45. The SMILES string of the molecule is CC(C)(C(=O)N1CCN(c2ccccn2)CC1)C(N)=S. The van der Waals surface area contributed by atoms with Gasteiger partial charge in [0.15, 0.2) is 0 Å². The summed E-state index contributed by atoms with van der Waals surface area (Å²) >= 11 is 4.99. The lowest BCUT2D eigenvalue weighted by atomic mass is 9.91. The third-order valence-corrected chi connectivity index (χ3v) is 4.20. The summed E-state index contributed by atoms with van der Waals surface area (Å²) < 4.78 is 0. The Bertz CT molecular complexity index is 495. The summed E-state index contributed by atoms with van der Waals surface area (Å²) in [6, 6.07) is 5.85. The van der Waals surface area contributed by atoms with Crippen LogP contribution in [0.1, 0.15) is 13.8 Å². The van der Waals surface area contributed by atoms with Crippen LogP contribution in [-0.4, -0.2) is 47.0 Å². The van der Waals surface area contributed by atoms with Crippen molar-refractivity contribution in [2.45, 2.75) is 13.8 Å². The quantitative estimate of drug-likeness (QED) is 0.844. The molecule has 1 aromatic rings. The molecule has 108 valence electrons. The molecule has 0 bridgehead atoms. The van der Waals surface area contributed by atoms with E-state index in [9.17, 15) is 4.79 Å². The smallest absolute Gasteiger partial charge is 0.235 e. The molecule has 5 nitrogen and oxygen atoms in total. The highest BCUT2D eigenvalue weighted by Crippen LogP contribution is 2.21. The summed E-state index contributed by atoms with van der Waals surface area (Å²) in [5.74, 6) is 0.957. The number of aromatic nitrogens is 1. The van der Waals surface area contributed by atoms with Crippen LogP contribution in [0.25, 0.3) is 0 Å². The molecule has 0 radical (unpaired) electrons. The molecule has 0 unspecified atom stereocenters. The molecule has 1 aliphatic heterocycles. The van der Waals surface area contributed by atoms with Crippen LogP contribution >= 0.6 is 12.2 Å². The molecule has 6 heteroatoms. The molecule has 1 aliphatic rings. The van der Waals surface area contributed by atoms with Gasteiger partial charge in [0.05, 0.1) is 10.4 Å². The van der Waals surface area contributed by atoms with Crippen molar-refractivity contribution in [3.63, 3.8) is 0 Å². The van der Waals surface area contributed by atoms with Crippen LogP contribution in [0.5, 0.6) is 0 Å². The molecule has 0 aliphatic carbocycles. The maximum Gasteiger partial charge on any atom is 0.235 e. The van der Waals surface area contributed by atoms with E-state index in [4.69, 9.17) is 18.0 Å². The summed E-state index contributed by atoms with van der Waals surface area (Å²) in [5.41, 5.74) is 4.88. The number of anilines is 1. The fraction of sp³-hybridized carbons (Fsp3) is 0.500. The molecule has 20 heavy (non-hydrogen) atoms. The second kappa shape index (κ2) is 5.75. The number of nitrogens with zero attached hydrogens (tertiary/aromatic N) is 3. The third-order valence-electron chi connectivity index (χ3n) is 3.69. The van der Waals surface area contributed by atoms with E-state index in [1.54, 1.807) is 20.0 Å². The van der Waals surface area contributed by atoms with Crippen molar-refractivity contribution in [1.82, 2.24) is 9.88 Å². The molecule has 2 N–H and O–H groups in total. The predicted molar refractivity (Wildman–Crippen MR) is 83.6 cm³/mol. The molecule has 2 heterocycles. The van der Waals surface area contributed by atoms with Gasteiger partial charge in [-0.1, -0.05) is 18.3 Å². The van der Waals surface area contributed by atoms with Gasteiger partial charge in [-0.15, -0.1) is 0 Å². The number of hydrogen-bond donors (Lipinski definition) is 1. The average Bonchev–Trinajstić information content (AvgIpc) is 2.47. The zero-order valence-corrected chi connectivity index (χ0v) is 12.7. The number of hydrogen-bond acceptors (Lipinski definition) is 4. The highest BCUT2D eigenvalue weighted by atomic mass is 32.1. The van der Waals surface area contributed by atoms with E-state index < -0.39 is 5.41 Å². The number of pyridine rings is 1. The van der Waals surface area contributed by atoms with Crippen LogP contribution in [0.4, 0.5) is 5.82 Å². The molecule has 0 aromatic carbocycles. The molecule has 1 amide bonds. The summed E-state index contributed by atoms with van der Waals surface area (Å²) in [6.07, 6.45) is 1.78. The standard InChI is InChI=1S/C14H20N4OS/c1-14(2,12(15)20)13(19)18-9-7-17(8-10-18)11-5-3-4-6-16-11/h3-6H,7-10H2,1-2H3,(H2,15,20). The third kappa shape index (κ3) is 2.90. The van der Waals surface area contributed by atoms with Gasteiger partial charge in [-0.05, 0) is 26.0 Å². The number of amides is 1. The van der Waals surface area contributed by atoms with Crippen LogP contribution in [0.15, 0.2) is 24.4 Å². The Kier molecular flexibility index (Phi) is 4.23. The zero-order valence-electron chi connectivity index (χ0n) is 11.9. The van der Waals surface area contributed by atoms with Crippen LogP contribution in [0.3, 0.4) is 0 Å². The van der Waals surface area contributed by atoms with E-state index >= 15 is 0 Å². The molecular formula is C14H20N4OS. The monoisotopic (exact) mass is 292 g/mol. The van der Waals surface area contributed by atoms with Crippen LogP contribution in [-0.2, 0) is 4.79 Å². The predicted octanol–water partition coefficient (Wildman–Crippen LogP) is 1.04. The molecule has 1 aromatic heterocycles. The summed E-state index contributed by atoms with van der Waals surface area (Å²) in [5, 5.41) is 0. The first-order valence-electron chi connectivity index (χ1n) is 6.68. The molecule has 0 spiro atoms. The second-order valence-corrected chi connectivity index (χ2v) is 5.90. The molecular weight excluding hydrogens is 272 g/mol. The number of piperazine rings is 1. The number of carbonyl (C=O) groups is 1. The van der Waals surface area contributed by atoms with Crippen LogP contribution < -0.4 is 10.6 Å².